The first-order chi connectivity index (χ1) is 7.77. The van der Waals surface area contributed by atoms with Crippen LogP contribution in [-0.4, -0.2) is 32.0 Å². The van der Waals surface area contributed by atoms with Crippen LogP contribution >= 0.6 is 0 Å². The van der Waals surface area contributed by atoms with Crippen molar-refractivity contribution in [2.75, 3.05) is 26.4 Å². The fraction of sp³-hybridized carbons (Fsp3) is 1.00. The molecule has 0 aromatic heterocycles. The fourth-order valence-corrected chi connectivity index (χ4v) is 2.26. The number of ether oxygens (including phenoxy) is 2. The van der Waals surface area contributed by atoms with Crippen LogP contribution in [0.25, 0.3) is 0 Å². The van der Waals surface area contributed by atoms with E-state index in [1.54, 1.807) is 0 Å². The highest BCUT2D eigenvalue weighted by molar-refractivity contribution is 4.85. The molecule has 0 aliphatic heterocycles. The topological polar surface area (TPSA) is 44.5 Å². The number of rotatable bonds is 7. The molecule has 1 saturated carbocycles. The van der Waals surface area contributed by atoms with E-state index in [4.69, 9.17) is 15.2 Å². The fourth-order valence-electron chi connectivity index (χ4n) is 2.26. The number of hydrogen-bond donors (Lipinski definition) is 1. The van der Waals surface area contributed by atoms with Gasteiger partial charge in [-0.25, -0.2) is 0 Å². The summed E-state index contributed by atoms with van der Waals surface area (Å²) in [5, 5.41) is 0. The molecule has 16 heavy (non-hydrogen) atoms. The molecule has 0 radical (unpaired) electrons. The van der Waals surface area contributed by atoms with Crippen molar-refractivity contribution in [2.24, 2.45) is 5.73 Å². The highest BCUT2D eigenvalue weighted by Gasteiger charge is 2.26. The monoisotopic (exact) mass is 229 g/mol. The van der Waals surface area contributed by atoms with Gasteiger partial charge in [0.2, 0.25) is 0 Å². The molecule has 0 amide bonds. The Morgan fingerprint density at radius 2 is 1.62 bits per heavy atom. The van der Waals surface area contributed by atoms with E-state index in [-0.39, 0.29) is 5.54 Å². The summed E-state index contributed by atoms with van der Waals surface area (Å²) in [4.78, 5) is 0. The van der Waals surface area contributed by atoms with Gasteiger partial charge in [0, 0.05) is 25.4 Å². The lowest BCUT2D eigenvalue weighted by molar-refractivity contribution is 0.0558. The number of hydrogen-bond acceptors (Lipinski definition) is 3. The molecule has 2 N–H and O–H groups in total. The average molecular weight is 229 g/mol. The van der Waals surface area contributed by atoms with E-state index in [1.807, 2.05) is 6.92 Å². The Kier molecular flexibility index (Phi) is 7.01. The van der Waals surface area contributed by atoms with Gasteiger partial charge in [0.15, 0.2) is 0 Å². The number of nitrogens with two attached hydrogens (primary N) is 1. The molecule has 96 valence electrons. The second-order valence-electron chi connectivity index (χ2n) is 4.88. The first-order valence-electron chi connectivity index (χ1n) is 6.71. The van der Waals surface area contributed by atoms with Gasteiger partial charge in [0.25, 0.3) is 0 Å². The Bertz CT molecular complexity index is 165. The molecule has 0 aromatic rings. The van der Waals surface area contributed by atoms with E-state index in [1.165, 1.54) is 25.7 Å². The van der Waals surface area contributed by atoms with Crippen LogP contribution in [-0.2, 0) is 9.47 Å². The lowest BCUT2D eigenvalue weighted by atomic mass is 9.93. The first kappa shape index (κ1) is 13.9. The molecular formula is C13H27NO2. The van der Waals surface area contributed by atoms with Gasteiger partial charge in [-0.15, -0.1) is 0 Å². The van der Waals surface area contributed by atoms with Crippen molar-refractivity contribution in [3.8, 4) is 0 Å². The molecule has 1 aliphatic carbocycles. The second kappa shape index (κ2) is 8.04. The Balaban J connectivity index is 2.05. The van der Waals surface area contributed by atoms with Crippen molar-refractivity contribution < 1.29 is 9.47 Å². The quantitative estimate of drug-likeness (QED) is 0.539. The van der Waals surface area contributed by atoms with Gasteiger partial charge >= 0.3 is 0 Å². The minimum atomic E-state index is -0.0535. The third-order valence-electron chi connectivity index (χ3n) is 3.27. The third-order valence-corrected chi connectivity index (χ3v) is 3.27. The molecule has 3 heteroatoms. The zero-order valence-electron chi connectivity index (χ0n) is 10.7. The van der Waals surface area contributed by atoms with Gasteiger partial charge in [0.1, 0.15) is 0 Å². The van der Waals surface area contributed by atoms with Crippen molar-refractivity contribution in [3.05, 3.63) is 0 Å². The zero-order valence-corrected chi connectivity index (χ0v) is 10.7. The third kappa shape index (κ3) is 5.83. The van der Waals surface area contributed by atoms with Crippen molar-refractivity contribution in [1.82, 2.24) is 0 Å². The Hall–Kier alpha value is -0.120. The summed E-state index contributed by atoms with van der Waals surface area (Å²) in [6, 6.07) is 0. The van der Waals surface area contributed by atoms with Crippen LogP contribution in [0.15, 0.2) is 0 Å². The highest BCUT2D eigenvalue weighted by Crippen LogP contribution is 2.25. The molecule has 1 aliphatic rings. The standard InChI is InChI=1S/C13H27NO2/c1-2-15-10-7-11-16-12-13(14)8-5-3-4-6-9-13/h2-12,14H2,1H3. The van der Waals surface area contributed by atoms with Gasteiger partial charge in [-0.05, 0) is 26.2 Å². The molecule has 0 unspecified atom stereocenters. The molecule has 0 aromatic carbocycles. The van der Waals surface area contributed by atoms with Crippen LogP contribution in [0, 0.1) is 0 Å². The van der Waals surface area contributed by atoms with Crippen LogP contribution < -0.4 is 5.73 Å². The maximum atomic E-state index is 6.34. The van der Waals surface area contributed by atoms with Gasteiger partial charge < -0.3 is 15.2 Å². The van der Waals surface area contributed by atoms with Crippen LogP contribution in [0.1, 0.15) is 51.9 Å². The minimum absolute atomic E-state index is 0.0535. The lowest BCUT2D eigenvalue weighted by Crippen LogP contribution is -2.44. The van der Waals surface area contributed by atoms with Crippen molar-refractivity contribution in [1.29, 1.82) is 0 Å². The summed E-state index contributed by atoms with van der Waals surface area (Å²) < 4.78 is 10.9. The Morgan fingerprint density at radius 1 is 1.00 bits per heavy atom. The summed E-state index contributed by atoms with van der Waals surface area (Å²) in [6.07, 6.45) is 8.42. The summed E-state index contributed by atoms with van der Waals surface area (Å²) in [6.45, 7) is 5.11. The summed E-state index contributed by atoms with van der Waals surface area (Å²) in [5.74, 6) is 0. The Labute approximate surface area is 99.7 Å². The van der Waals surface area contributed by atoms with E-state index in [9.17, 15) is 0 Å². The summed E-state index contributed by atoms with van der Waals surface area (Å²) in [7, 11) is 0. The molecule has 3 nitrogen and oxygen atoms in total. The molecule has 0 spiro atoms. The molecule has 1 fully saturated rings. The minimum Gasteiger partial charge on any atom is -0.382 e. The van der Waals surface area contributed by atoms with Gasteiger partial charge in [-0.3, -0.25) is 0 Å². The van der Waals surface area contributed by atoms with Crippen molar-refractivity contribution in [2.45, 2.75) is 57.4 Å². The average Bonchev–Trinajstić information content (AvgIpc) is 2.49. The first-order valence-corrected chi connectivity index (χ1v) is 6.71. The van der Waals surface area contributed by atoms with E-state index in [0.717, 1.165) is 45.7 Å². The van der Waals surface area contributed by atoms with Crippen molar-refractivity contribution in [3.63, 3.8) is 0 Å². The van der Waals surface area contributed by atoms with Crippen LogP contribution in [0.5, 0.6) is 0 Å². The molecule has 0 heterocycles. The van der Waals surface area contributed by atoms with Crippen molar-refractivity contribution >= 4 is 0 Å². The van der Waals surface area contributed by atoms with Gasteiger partial charge in [-0.1, -0.05) is 25.7 Å². The SMILES string of the molecule is CCOCCCOCC1(N)CCCCCC1. The zero-order chi connectivity index (χ0) is 11.7. The molecule has 0 saturated heterocycles. The summed E-state index contributed by atoms with van der Waals surface area (Å²) >= 11 is 0. The molecule has 0 atom stereocenters. The van der Waals surface area contributed by atoms with Crippen LogP contribution in [0.3, 0.4) is 0 Å². The van der Waals surface area contributed by atoms with E-state index in [2.05, 4.69) is 0 Å². The van der Waals surface area contributed by atoms with E-state index < -0.39 is 0 Å². The van der Waals surface area contributed by atoms with Gasteiger partial charge in [0.05, 0.1) is 6.61 Å². The van der Waals surface area contributed by atoms with Gasteiger partial charge in [-0.2, -0.15) is 0 Å². The van der Waals surface area contributed by atoms with E-state index >= 15 is 0 Å². The normalized spacial score (nSPS) is 20.6. The summed E-state index contributed by atoms with van der Waals surface area (Å²) in [5.41, 5.74) is 6.29. The maximum Gasteiger partial charge on any atom is 0.0646 e. The molecule has 1 rings (SSSR count). The highest BCUT2D eigenvalue weighted by atomic mass is 16.5. The largest absolute Gasteiger partial charge is 0.382 e. The lowest BCUT2D eigenvalue weighted by Gasteiger charge is -2.27. The Morgan fingerprint density at radius 3 is 2.25 bits per heavy atom. The smallest absolute Gasteiger partial charge is 0.0646 e. The van der Waals surface area contributed by atoms with E-state index in [0.29, 0.717) is 0 Å². The van der Waals surface area contributed by atoms with Crippen LogP contribution in [0.2, 0.25) is 0 Å². The molecule has 0 bridgehead atoms. The second-order valence-corrected chi connectivity index (χ2v) is 4.88. The predicted octanol–water partition coefficient (Wildman–Crippen LogP) is 2.48. The maximum absolute atomic E-state index is 6.34. The predicted molar refractivity (Wildman–Crippen MR) is 66.5 cm³/mol. The van der Waals surface area contributed by atoms with Crippen LogP contribution in [0.4, 0.5) is 0 Å². The molecular weight excluding hydrogens is 202 g/mol.